The molecule has 1 N–H and O–H groups in total. The standard InChI is InChI=1S/C19H36O5/c1-3-5-6-7-8-9-13-18(21)24-16-11-14-19(22)23-15-10-12-17(20)4-2/h17,20H,3-16H2,1-2H3. The summed E-state index contributed by atoms with van der Waals surface area (Å²) in [6.07, 6.45) is 9.84. The summed E-state index contributed by atoms with van der Waals surface area (Å²) in [5.41, 5.74) is 0. The predicted molar refractivity (Wildman–Crippen MR) is 94.7 cm³/mol. The van der Waals surface area contributed by atoms with Crippen LogP contribution in [-0.4, -0.2) is 36.4 Å². The Balaban J connectivity index is 3.37. The van der Waals surface area contributed by atoms with Crippen LogP contribution >= 0.6 is 0 Å². The Kier molecular flexibility index (Phi) is 16.0. The number of esters is 2. The van der Waals surface area contributed by atoms with Gasteiger partial charge in [-0.1, -0.05) is 46.0 Å². The fourth-order valence-corrected chi connectivity index (χ4v) is 2.31. The lowest BCUT2D eigenvalue weighted by Crippen LogP contribution is -2.11. The minimum Gasteiger partial charge on any atom is -0.466 e. The first-order valence-corrected chi connectivity index (χ1v) is 9.59. The zero-order valence-electron chi connectivity index (χ0n) is 15.6. The van der Waals surface area contributed by atoms with E-state index in [9.17, 15) is 14.7 Å². The number of rotatable bonds is 16. The second-order valence-corrected chi connectivity index (χ2v) is 6.27. The fourth-order valence-electron chi connectivity index (χ4n) is 2.31. The Bertz CT molecular complexity index is 317. The highest BCUT2D eigenvalue weighted by molar-refractivity contribution is 5.70. The maximum Gasteiger partial charge on any atom is 0.305 e. The molecule has 0 aromatic rings. The maximum atomic E-state index is 11.5. The van der Waals surface area contributed by atoms with Crippen LogP contribution in [0, 0.1) is 0 Å². The molecule has 5 nitrogen and oxygen atoms in total. The number of ether oxygens (including phenoxy) is 2. The second-order valence-electron chi connectivity index (χ2n) is 6.27. The highest BCUT2D eigenvalue weighted by Gasteiger charge is 2.06. The van der Waals surface area contributed by atoms with E-state index in [1.807, 2.05) is 6.92 Å². The Hall–Kier alpha value is -1.10. The first kappa shape index (κ1) is 22.9. The molecule has 0 aliphatic heterocycles. The summed E-state index contributed by atoms with van der Waals surface area (Å²) in [5.74, 6) is -0.444. The monoisotopic (exact) mass is 344 g/mol. The molecule has 0 radical (unpaired) electrons. The zero-order valence-corrected chi connectivity index (χ0v) is 15.6. The molecule has 24 heavy (non-hydrogen) atoms. The largest absolute Gasteiger partial charge is 0.466 e. The van der Waals surface area contributed by atoms with Gasteiger partial charge in [0.25, 0.3) is 0 Å². The van der Waals surface area contributed by atoms with Gasteiger partial charge >= 0.3 is 11.9 Å². The van der Waals surface area contributed by atoms with Crippen molar-refractivity contribution in [2.75, 3.05) is 13.2 Å². The third kappa shape index (κ3) is 15.8. The Morgan fingerprint density at radius 2 is 1.33 bits per heavy atom. The van der Waals surface area contributed by atoms with Crippen LogP contribution in [0.1, 0.15) is 90.9 Å². The van der Waals surface area contributed by atoms with Crippen molar-refractivity contribution in [1.82, 2.24) is 0 Å². The van der Waals surface area contributed by atoms with Gasteiger partial charge in [0, 0.05) is 12.8 Å². The van der Waals surface area contributed by atoms with Crippen molar-refractivity contribution in [3.05, 3.63) is 0 Å². The van der Waals surface area contributed by atoms with Crippen molar-refractivity contribution in [2.45, 2.75) is 97.0 Å². The molecule has 0 saturated heterocycles. The van der Waals surface area contributed by atoms with Gasteiger partial charge in [0.2, 0.25) is 0 Å². The van der Waals surface area contributed by atoms with Crippen molar-refractivity contribution in [3.8, 4) is 0 Å². The molecular weight excluding hydrogens is 308 g/mol. The lowest BCUT2D eigenvalue weighted by Gasteiger charge is -2.08. The van der Waals surface area contributed by atoms with E-state index in [1.54, 1.807) is 0 Å². The van der Waals surface area contributed by atoms with Gasteiger partial charge in [0.15, 0.2) is 0 Å². The lowest BCUT2D eigenvalue weighted by molar-refractivity contribution is -0.147. The number of unbranched alkanes of at least 4 members (excludes halogenated alkanes) is 5. The molecule has 142 valence electrons. The van der Waals surface area contributed by atoms with Crippen molar-refractivity contribution in [3.63, 3.8) is 0 Å². The molecular formula is C19H36O5. The van der Waals surface area contributed by atoms with E-state index in [-0.39, 0.29) is 31.1 Å². The predicted octanol–water partition coefficient (Wildman–Crippen LogP) is 4.15. The van der Waals surface area contributed by atoms with E-state index in [0.29, 0.717) is 32.3 Å². The molecule has 0 aliphatic carbocycles. The average molecular weight is 344 g/mol. The molecule has 0 aromatic heterocycles. The van der Waals surface area contributed by atoms with Crippen LogP contribution in [0.5, 0.6) is 0 Å². The minimum atomic E-state index is -0.310. The highest BCUT2D eigenvalue weighted by atomic mass is 16.5. The molecule has 0 fully saturated rings. The van der Waals surface area contributed by atoms with Crippen LogP contribution in [0.4, 0.5) is 0 Å². The zero-order chi connectivity index (χ0) is 18.0. The molecule has 0 amide bonds. The van der Waals surface area contributed by atoms with E-state index in [0.717, 1.165) is 19.3 Å². The van der Waals surface area contributed by atoms with Gasteiger partial charge in [0.05, 0.1) is 19.3 Å². The van der Waals surface area contributed by atoms with Crippen LogP contribution in [-0.2, 0) is 19.1 Å². The van der Waals surface area contributed by atoms with Gasteiger partial charge in [-0.25, -0.2) is 0 Å². The molecule has 0 aliphatic rings. The lowest BCUT2D eigenvalue weighted by atomic mass is 10.1. The summed E-state index contributed by atoms with van der Waals surface area (Å²) in [5, 5.41) is 9.37. The average Bonchev–Trinajstić information content (AvgIpc) is 2.58. The highest BCUT2D eigenvalue weighted by Crippen LogP contribution is 2.08. The van der Waals surface area contributed by atoms with Crippen molar-refractivity contribution in [2.24, 2.45) is 0 Å². The Labute approximate surface area is 147 Å². The molecule has 0 rings (SSSR count). The summed E-state index contributed by atoms with van der Waals surface area (Å²) in [6.45, 7) is 4.72. The van der Waals surface area contributed by atoms with Gasteiger partial charge in [-0.3, -0.25) is 9.59 Å². The van der Waals surface area contributed by atoms with Crippen molar-refractivity contribution >= 4 is 11.9 Å². The maximum absolute atomic E-state index is 11.5. The molecule has 0 aromatic carbocycles. The smallest absolute Gasteiger partial charge is 0.305 e. The normalized spacial score (nSPS) is 12.0. The third-order valence-corrected chi connectivity index (χ3v) is 3.94. The van der Waals surface area contributed by atoms with Crippen molar-refractivity contribution < 1.29 is 24.2 Å². The van der Waals surface area contributed by atoms with Crippen LogP contribution in [0.2, 0.25) is 0 Å². The number of aliphatic hydroxyl groups excluding tert-OH is 1. The van der Waals surface area contributed by atoms with E-state index in [1.165, 1.54) is 25.7 Å². The van der Waals surface area contributed by atoms with E-state index >= 15 is 0 Å². The minimum absolute atomic E-state index is 0.174. The van der Waals surface area contributed by atoms with Gasteiger partial charge < -0.3 is 14.6 Å². The Morgan fingerprint density at radius 3 is 1.96 bits per heavy atom. The van der Waals surface area contributed by atoms with E-state index in [2.05, 4.69) is 6.92 Å². The van der Waals surface area contributed by atoms with Gasteiger partial charge in [-0.05, 0) is 32.1 Å². The first-order valence-electron chi connectivity index (χ1n) is 9.59. The van der Waals surface area contributed by atoms with Crippen LogP contribution in [0.3, 0.4) is 0 Å². The first-order chi connectivity index (χ1) is 11.6. The van der Waals surface area contributed by atoms with Gasteiger partial charge in [-0.15, -0.1) is 0 Å². The quantitative estimate of drug-likeness (QED) is 0.336. The summed E-state index contributed by atoms with van der Waals surface area (Å²) in [7, 11) is 0. The summed E-state index contributed by atoms with van der Waals surface area (Å²) < 4.78 is 10.2. The molecule has 1 unspecified atom stereocenters. The summed E-state index contributed by atoms with van der Waals surface area (Å²) in [6, 6.07) is 0. The third-order valence-electron chi connectivity index (χ3n) is 3.94. The topological polar surface area (TPSA) is 72.8 Å². The molecule has 0 saturated carbocycles. The molecule has 0 bridgehead atoms. The molecule has 0 spiro atoms. The molecule has 1 atom stereocenters. The van der Waals surface area contributed by atoms with E-state index in [4.69, 9.17) is 9.47 Å². The molecule has 0 heterocycles. The van der Waals surface area contributed by atoms with Crippen LogP contribution < -0.4 is 0 Å². The molecule has 5 heteroatoms. The van der Waals surface area contributed by atoms with E-state index < -0.39 is 0 Å². The van der Waals surface area contributed by atoms with Gasteiger partial charge in [-0.2, -0.15) is 0 Å². The fraction of sp³-hybridized carbons (Fsp3) is 0.895. The van der Waals surface area contributed by atoms with Gasteiger partial charge in [0.1, 0.15) is 0 Å². The SMILES string of the molecule is CCCCCCCCC(=O)OCCCC(=O)OCCCC(O)CC. The van der Waals surface area contributed by atoms with Crippen LogP contribution in [0.25, 0.3) is 0 Å². The number of carbonyl (C=O) groups is 2. The number of hydrogen-bond acceptors (Lipinski definition) is 5. The Morgan fingerprint density at radius 1 is 0.792 bits per heavy atom. The second kappa shape index (κ2) is 16.7. The number of aliphatic hydroxyl groups is 1. The van der Waals surface area contributed by atoms with Crippen molar-refractivity contribution in [1.29, 1.82) is 0 Å². The number of carbonyl (C=O) groups excluding carboxylic acids is 2. The van der Waals surface area contributed by atoms with Crippen LogP contribution in [0.15, 0.2) is 0 Å². The number of hydrogen-bond donors (Lipinski definition) is 1. The summed E-state index contributed by atoms with van der Waals surface area (Å²) >= 11 is 0. The summed E-state index contributed by atoms with van der Waals surface area (Å²) in [4.78, 5) is 23.0.